The molecule has 0 bridgehead atoms. The Morgan fingerprint density at radius 3 is 2.57 bits per heavy atom. The van der Waals surface area contributed by atoms with Gasteiger partial charge >= 0.3 is 0 Å². The summed E-state index contributed by atoms with van der Waals surface area (Å²) in [4.78, 5) is 25.7. The molecule has 0 unspecified atom stereocenters. The number of piperazine rings is 1. The minimum Gasteiger partial charge on any atom is -0.497 e. The van der Waals surface area contributed by atoms with Gasteiger partial charge in [-0.1, -0.05) is 41.6 Å². The Labute approximate surface area is 213 Å². The number of methoxy groups -OCH3 is 1. The van der Waals surface area contributed by atoms with Crippen LogP contribution in [0.4, 0.5) is 5.82 Å². The first-order valence-electron chi connectivity index (χ1n) is 12.0. The van der Waals surface area contributed by atoms with Gasteiger partial charge in [0.05, 0.1) is 12.8 Å². The number of benzene rings is 3. The van der Waals surface area contributed by atoms with Crippen molar-refractivity contribution in [2.24, 2.45) is 0 Å². The summed E-state index contributed by atoms with van der Waals surface area (Å²) < 4.78 is 12.8. The predicted molar refractivity (Wildman–Crippen MR) is 139 cm³/mol. The number of carbonyl (C=O) groups is 1. The normalized spacial score (nSPS) is 13.8. The Balaban J connectivity index is 1.11. The fraction of sp³-hybridized carbons (Fsp3) is 0.222. The van der Waals surface area contributed by atoms with E-state index in [1.165, 1.54) is 6.33 Å². The van der Waals surface area contributed by atoms with E-state index in [0.29, 0.717) is 48.9 Å². The zero-order chi connectivity index (χ0) is 25.2. The van der Waals surface area contributed by atoms with Crippen molar-refractivity contribution >= 4 is 33.7 Å². The number of hydrogen-bond donors (Lipinski definition) is 0. The third-order valence-corrected chi connectivity index (χ3v) is 6.53. The van der Waals surface area contributed by atoms with Gasteiger partial charge in [-0.3, -0.25) is 4.79 Å². The molecule has 3 heterocycles. The first-order chi connectivity index (χ1) is 18.2. The average molecular weight is 496 g/mol. The Bertz CT molecular complexity index is 1580. The number of aromatic nitrogens is 5. The van der Waals surface area contributed by atoms with Crippen molar-refractivity contribution in [3.63, 3.8) is 0 Å². The summed E-state index contributed by atoms with van der Waals surface area (Å²) in [7, 11) is 1.62. The standard InChI is InChI=1S/C27H25N7O3/c1-36-22-8-4-7-21(16-22)34-27-25(30-31-34)26(28-18-29-27)33-13-11-32(12-14-33)24(35)17-37-23-10-9-19-5-2-3-6-20(19)15-23/h2-10,15-16,18H,11-14,17H2,1H3. The van der Waals surface area contributed by atoms with E-state index in [2.05, 4.69) is 31.2 Å². The summed E-state index contributed by atoms with van der Waals surface area (Å²) in [5, 5.41) is 10.9. The van der Waals surface area contributed by atoms with Crippen LogP contribution >= 0.6 is 0 Å². The maximum absolute atomic E-state index is 12.8. The molecule has 6 rings (SSSR count). The number of amides is 1. The number of carbonyl (C=O) groups excluding carboxylic acids is 1. The lowest BCUT2D eigenvalue weighted by Crippen LogP contribution is -2.50. The highest BCUT2D eigenvalue weighted by molar-refractivity contribution is 5.85. The Kier molecular flexibility index (Phi) is 5.97. The van der Waals surface area contributed by atoms with E-state index in [0.717, 1.165) is 22.2 Å². The molecule has 1 aliphatic heterocycles. The quantitative estimate of drug-likeness (QED) is 0.354. The molecule has 10 heteroatoms. The van der Waals surface area contributed by atoms with Crippen LogP contribution in [0.1, 0.15) is 0 Å². The molecule has 5 aromatic rings. The molecule has 1 saturated heterocycles. The number of fused-ring (bicyclic) bond motifs is 2. The van der Waals surface area contributed by atoms with Crippen LogP contribution in [0.5, 0.6) is 11.5 Å². The molecule has 1 aliphatic rings. The minimum atomic E-state index is -0.0374. The van der Waals surface area contributed by atoms with Gasteiger partial charge in [0, 0.05) is 32.2 Å². The smallest absolute Gasteiger partial charge is 0.260 e. The fourth-order valence-corrected chi connectivity index (χ4v) is 4.55. The number of anilines is 1. The van der Waals surface area contributed by atoms with Crippen LogP contribution in [0.25, 0.3) is 27.6 Å². The fourth-order valence-electron chi connectivity index (χ4n) is 4.55. The summed E-state index contributed by atoms with van der Waals surface area (Å²) >= 11 is 0. The number of hydrogen-bond acceptors (Lipinski definition) is 8. The van der Waals surface area contributed by atoms with E-state index >= 15 is 0 Å². The second kappa shape index (κ2) is 9.73. The number of ether oxygens (including phenoxy) is 2. The van der Waals surface area contributed by atoms with E-state index in [9.17, 15) is 4.79 Å². The lowest BCUT2D eigenvalue weighted by Gasteiger charge is -2.35. The van der Waals surface area contributed by atoms with Crippen LogP contribution in [0.15, 0.2) is 73.1 Å². The molecule has 2 aromatic heterocycles. The van der Waals surface area contributed by atoms with E-state index < -0.39 is 0 Å². The molecule has 0 saturated carbocycles. The molecule has 0 radical (unpaired) electrons. The zero-order valence-electron chi connectivity index (χ0n) is 20.3. The number of nitrogens with zero attached hydrogens (tertiary/aromatic N) is 7. The van der Waals surface area contributed by atoms with Gasteiger partial charge in [-0.15, -0.1) is 5.10 Å². The van der Waals surface area contributed by atoms with Gasteiger partial charge in [0.1, 0.15) is 17.8 Å². The molecule has 0 atom stereocenters. The maximum Gasteiger partial charge on any atom is 0.260 e. The lowest BCUT2D eigenvalue weighted by atomic mass is 10.1. The summed E-state index contributed by atoms with van der Waals surface area (Å²) in [6, 6.07) is 21.5. The van der Waals surface area contributed by atoms with Crippen LogP contribution in [0.2, 0.25) is 0 Å². The summed E-state index contributed by atoms with van der Waals surface area (Å²) in [5.41, 5.74) is 2.03. The average Bonchev–Trinajstić information content (AvgIpc) is 3.40. The second-order valence-electron chi connectivity index (χ2n) is 8.74. The summed E-state index contributed by atoms with van der Waals surface area (Å²) in [6.07, 6.45) is 1.52. The highest BCUT2D eigenvalue weighted by Gasteiger charge is 2.25. The minimum absolute atomic E-state index is 0.00492. The molecule has 186 valence electrons. The SMILES string of the molecule is COc1cccc(-n2nnc3c(N4CCN(C(=O)COc5ccc6ccccc6c5)CC4)ncnc32)c1. The van der Waals surface area contributed by atoms with Crippen molar-refractivity contribution in [1.82, 2.24) is 29.9 Å². The Morgan fingerprint density at radius 2 is 1.73 bits per heavy atom. The second-order valence-corrected chi connectivity index (χ2v) is 8.74. The molecule has 1 fully saturated rings. The Morgan fingerprint density at radius 1 is 0.892 bits per heavy atom. The van der Waals surface area contributed by atoms with E-state index in [1.54, 1.807) is 11.8 Å². The first kappa shape index (κ1) is 22.7. The molecule has 0 aliphatic carbocycles. The van der Waals surface area contributed by atoms with Crippen LogP contribution < -0.4 is 14.4 Å². The van der Waals surface area contributed by atoms with Crippen LogP contribution in [0.3, 0.4) is 0 Å². The largest absolute Gasteiger partial charge is 0.497 e. The van der Waals surface area contributed by atoms with Crippen molar-refractivity contribution in [3.05, 3.63) is 73.1 Å². The van der Waals surface area contributed by atoms with Crippen LogP contribution in [-0.2, 0) is 4.79 Å². The lowest BCUT2D eigenvalue weighted by molar-refractivity contribution is -0.133. The zero-order valence-corrected chi connectivity index (χ0v) is 20.3. The van der Waals surface area contributed by atoms with Gasteiger partial charge in [0.2, 0.25) is 0 Å². The van der Waals surface area contributed by atoms with E-state index in [1.807, 2.05) is 65.6 Å². The molecule has 3 aromatic carbocycles. The van der Waals surface area contributed by atoms with Gasteiger partial charge in [-0.25, -0.2) is 9.97 Å². The molecule has 37 heavy (non-hydrogen) atoms. The topological polar surface area (TPSA) is 98.5 Å². The third-order valence-electron chi connectivity index (χ3n) is 6.53. The molecule has 1 amide bonds. The van der Waals surface area contributed by atoms with Crippen LogP contribution in [-0.4, -0.2) is 75.7 Å². The van der Waals surface area contributed by atoms with E-state index in [4.69, 9.17) is 9.47 Å². The van der Waals surface area contributed by atoms with Gasteiger partial charge in [-0.2, -0.15) is 4.68 Å². The van der Waals surface area contributed by atoms with E-state index in [-0.39, 0.29) is 12.5 Å². The Hall–Kier alpha value is -4.73. The molecule has 10 nitrogen and oxygen atoms in total. The van der Waals surface area contributed by atoms with Crippen molar-refractivity contribution in [3.8, 4) is 17.2 Å². The van der Waals surface area contributed by atoms with Gasteiger partial charge in [-0.05, 0) is 35.0 Å². The van der Waals surface area contributed by atoms with Gasteiger partial charge < -0.3 is 19.3 Å². The van der Waals surface area contributed by atoms with Gasteiger partial charge in [0.25, 0.3) is 5.91 Å². The highest BCUT2D eigenvalue weighted by atomic mass is 16.5. The number of rotatable bonds is 6. The predicted octanol–water partition coefficient (Wildman–Crippen LogP) is 3.10. The van der Waals surface area contributed by atoms with Gasteiger partial charge in [0.15, 0.2) is 23.6 Å². The maximum atomic E-state index is 12.8. The molecule has 0 N–H and O–H groups in total. The first-order valence-corrected chi connectivity index (χ1v) is 12.0. The highest BCUT2D eigenvalue weighted by Crippen LogP contribution is 2.25. The van der Waals surface area contributed by atoms with Crippen molar-refractivity contribution in [2.75, 3.05) is 44.8 Å². The molecule has 0 spiro atoms. The summed E-state index contributed by atoms with van der Waals surface area (Å²) in [5.74, 6) is 2.08. The van der Waals surface area contributed by atoms with Crippen LogP contribution in [0, 0.1) is 0 Å². The molecular weight excluding hydrogens is 470 g/mol. The molecular formula is C27H25N7O3. The monoisotopic (exact) mass is 495 g/mol. The van der Waals surface area contributed by atoms with Crippen molar-refractivity contribution in [2.45, 2.75) is 0 Å². The third kappa shape index (κ3) is 4.49. The van der Waals surface area contributed by atoms with Crippen molar-refractivity contribution in [1.29, 1.82) is 0 Å². The van der Waals surface area contributed by atoms with Crippen molar-refractivity contribution < 1.29 is 14.3 Å². The summed E-state index contributed by atoms with van der Waals surface area (Å²) in [6.45, 7) is 2.38.